The summed E-state index contributed by atoms with van der Waals surface area (Å²) >= 11 is 2.70. The molecule has 0 aliphatic carbocycles. The van der Waals surface area contributed by atoms with Gasteiger partial charge in [-0.05, 0) is 23.8 Å². The van der Waals surface area contributed by atoms with Crippen molar-refractivity contribution in [1.82, 2.24) is 10.2 Å². The molecule has 4 nitrogen and oxygen atoms in total. The number of benzene rings is 1. The second kappa shape index (κ2) is 5.24. The molecule has 7 heteroatoms. The molecule has 0 atom stereocenters. The van der Waals surface area contributed by atoms with Gasteiger partial charge >= 0.3 is 5.97 Å². The predicted octanol–water partition coefficient (Wildman–Crippen LogP) is 2.67. The summed E-state index contributed by atoms with van der Waals surface area (Å²) in [6, 6.07) is 3.65. The minimum atomic E-state index is -1.06. The molecular weight excluding hydrogens is 263 g/mol. The summed E-state index contributed by atoms with van der Waals surface area (Å²) in [4.78, 5) is 10.9. The molecule has 0 amide bonds. The summed E-state index contributed by atoms with van der Waals surface area (Å²) in [5, 5.41) is 16.4. The van der Waals surface area contributed by atoms with Crippen molar-refractivity contribution in [2.24, 2.45) is 0 Å². The Morgan fingerprint density at radius 1 is 1.53 bits per heavy atom. The van der Waals surface area contributed by atoms with E-state index in [1.807, 2.05) is 0 Å². The number of aromatic nitrogens is 2. The molecule has 1 N–H and O–H groups in total. The van der Waals surface area contributed by atoms with Gasteiger partial charge in [-0.15, -0.1) is 10.2 Å². The summed E-state index contributed by atoms with van der Waals surface area (Å²) in [5.41, 5.74) is 2.15. The number of hydrogen-bond donors (Lipinski definition) is 1. The molecule has 2 aromatic rings. The monoisotopic (exact) mass is 270 g/mol. The summed E-state index contributed by atoms with van der Waals surface area (Å²) < 4.78 is 13.8. The number of nitrogens with zero attached hydrogens (tertiary/aromatic N) is 2. The van der Waals surface area contributed by atoms with Gasteiger partial charge in [0, 0.05) is 5.75 Å². The third-order valence-electron chi connectivity index (χ3n) is 1.99. The van der Waals surface area contributed by atoms with Crippen molar-refractivity contribution >= 4 is 29.1 Å². The number of carbonyl (C=O) groups is 1. The van der Waals surface area contributed by atoms with E-state index in [4.69, 9.17) is 5.11 Å². The standard InChI is InChI=1S/C10H7FN2O2S2/c11-7-1-2-8(9(14)15)6(3-7)4-16-10-13-12-5-17-10/h1-3,5H,4H2,(H,14,15). The topological polar surface area (TPSA) is 63.1 Å². The van der Waals surface area contributed by atoms with Crippen molar-refractivity contribution in [3.8, 4) is 0 Å². The SMILES string of the molecule is O=C(O)c1ccc(F)cc1CSc1nncs1. The lowest BCUT2D eigenvalue weighted by molar-refractivity contribution is 0.0696. The van der Waals surface area contributed by atoms with Crippen molar-refractivity contribution in [3.05, 3.63) is 40.7 Å². The minimum absolute atomic E-state index is 0.114. The highest BCUT2D eigenvalue weighted by atomic mass is 32.2. The van der Waals surface area contributed by atoms with Crippen molar-refractivity contribution in [2.45, 2.75) is 10.1 Å². The fourth-order valence-electron chi connectivity index (χ4n) is 1.26. The van der Waals surface area contributed by atoms with Crippen LogP contribution in [0, 0.1) is 5.82 Å². The average molecular weight is 270 g/mol. The Morgan fingerprint density at radius 3 is 3.00 bits per heavy atom. The molecule has 0 saturated heterocycles. The maximum atomic E-state index is 13.0. The molecule has 0 saturated carbocycles. The van der Waals surface area contributed by atoms with Crippen LogP contribution in [0.15, 0.2) is 28.0 Å². The van der Waals surface area contributed by atoms with Crippen LogP contribution in [-0.2, 0) is 5.75 Å². The van der Waals surface area contributed by atoms with E-state index in [2.05, 4.69) is 10.2 Å². The van der Waals surface area contributed by atoms with Gasteiger partial charge in [0.2, 0.25) is 0 Å². The third kappa shape index (κ3) is 3.01. The molecule has 0 fully saturated rings. The van der Waals surface area contributed by atoms with Gasteiger partial charge in [-0.3, -0.25) is 0 Å². The van der Waals surface area contributed by atoms with E-state index in [0.29, 0.717) is 11.3 Å². The zero-order valence-electron chi connectivity index (χ0n) is 8.46. The zero-order chi connectivity index (χ0) is 12.3. The molecule has 0 radical (unpaired) electrons. The highest BCUT2D eigenvalue weighted by molar-refractivity contribution is 8.00. The average Bonchev–Trinajstić information content (AvgIpc) is 2.78. The van der Waals surface area contributed by atoms with Crippen LogP contribution in [0.25, 0.3) is 0 Å². The first-order chi connectivity index (χ1) is 8.16. The Kier molecular flexibility index (Phi) is 3.70. The fraction of sp³-hybridized carbons (Fsp3) is 0.100. The summed E-state index contributed by atoms with van der Waals surface area (Å²) in [5.74, 6) is -1.14. The molecule has 0 aliphatic rings. The summed E-state index contributed by atoms with van der Waals surface area (Å²) in [6.45, 7) is 0. The lowest BCUT2D eigenvalue weighted by Crippen LogP contribution is -2.02. The van der Waals surface area contributed by atoms with Gasteiger partial charge in [0.25, 0.3) is 0 Å². The first-order valence-corrected chi connectivity index (χ1v) is 6.44. The van der Waals surface area contributed by atoms with Crippen LogP contribution < -0.4 is 0 Å². The van der Waals surface area contributed by atoms with E-state index >= 15 is 0 Å². The minimum Gasteiger partial charge on any atom is -0.478 e. The second-order valence-electron chi connectivity index (χ2n) is 3.10. The predicted molar refractivity (Wildman–Crippen MR) is 62.8 cm³/mol. The number of carboxylic acid groups (broad SMARTS) is 1. The van der Waals surface area contributed by atoms with E-state index in [-0.39, 0.29) is 5.56 Å². The highest BCUT2D eigenvalue weighted by Crippen LogP contribution is 2.25. The van der Waals surface area contributed by atoms with Gasteiger partial charge in [0.1, 0.15) is 11.3 Å². The van der Waals surface area contributed by atoms with Crippen LogP contribution in [0.1, 0.15) is 15.9 Å². The van der Waals surface area contributed by atoms with Gasteiger partial charge in [-0.1, -0.05) is 23.1 Å². The third-order valence-corrected chi connectivity index (χ3v) is 3.90. The van der Waals surface area contributed by atoms with Crippen LogP contribution in [0.5, 0.6) is 0 Å². The van der Waals surface area contributed by atoms with Crippen molar-refractivity contribution in [1.29, 1.82) is 0 Å². The maximum absolute atomic E-state index is 13.0. The summed E-state index contributed by atoms with van der Waals surface area (Å²) in [7, 11) is 0. The number of halogens is 1. The normalized spacial score (nSPS) is 10.4. The Morgan fingerprint density at radius 2 is 2.35 bits per heavy atom. The van der Waals surface area contributed by atoms with Crippen LogP contribution in [0.3, 0.4) is 0 Å². The van der Waals surface area contributed by atoms with Gasteiger partial charge in [0.15, 0.2) is 4.34 Å². The van der Waals surface area contributed by atoms with Gasteiger partial charge < -0.3 is 5.11 Å². The lowest BCUT2D eigenvalue weighted by Gasteiger charge is -2.04. The van der Waals surface area contributed by atoms with E-state index < -0.39 is 11.8 Å². The van der Waals surface area contributed by atoms with Crippen LogP contribution in [0.4, 0.5) is 4.39 Å². The first-order valence-electron chi connectivity index (χ1n) is 4.57. The Balaban J connectivity index is 2.19. The van der Waals surface area contributed by atoms with E-state index in [9.17, 15) is 9.18 Å². The second-order valence-corrected chi connectivity index (χ2v) is 5.16. The van der Waals surface area contributed by atoms with Crippen molar-refractivity contribution in [2.75, 3.05) is 0 Å². The Hall–Kier alpha value is -1.47. The highest BCUT2D eigenvalue weighted by Gasteiger charge is 2.11. The number of hydrogen-bond acceptors (Lipinski definition) is 5. The van der Waals surface area contributed by atoms with Gasteiger partial charge in [0.05, 0.1) is 5.56 Å². The molecule has 1 aromatic carbocycles. The molecule has 0 aliphatic heterocycles. The van der Waals surface area contributed by atoms with E-state index in [0.717, 1.165) is 10.4 Å². The molecular formula is C10H7FN2O2S2. The molecule has 2 rings (SSSR count). The van der Waals surface area contributed by atoms with Gasteiger partial charge in [-0.25, -0.2) is 9.18 Å². The Labute approximate surface area is 105 Å². The Bertz CT molecular complexity index is 531. The molecule has 0 unspecified atom stereocenters. The molecule has 0 bridgehead atoms. The van der Waals surface area contributed by atoms with E-state index in [1.165, 1.54) is 35.2 Å². The zero-order valence-corrected chi connectivity index (χ0v) is 10.1. The maximum Gasteiger partial charge on any atom is 0.335 e. The number of thioether (sulfide) groups is 1. The number of rotatable bonds is 4. The van der Waals surface area contributed by atoms with E-state index in [1.54, 1.807) is 5.51 Å². The van der Waals surface area contributed by atoms with Gasteiger partial charge in [-0.2, -0.15) is 0 Å². The lowest BCUT2D eigenvalue weighted by atomic mass is 10.1. The molecule has 1 heterocycles. The fourth-order valence-corrected chi connectivity index (χ4v) is 2.74. The van der Waals surface area contributed by atoms with Crippen LogP contribution in [0.2, 0.25) is 0 Å². The summed E-state index contributed by atoms with van der Waals surface area (Å²) in [6.07, 6.45) is 0. The number of carboxylic acids is 1. The smallest absolute Gasteiger partial charge is 0.335 e. The quantitative estimate of drug-likeness (QED) is 0.865. The molecule has 0 spiro atoms. The molecule has 1 aromatic heterocycles. The van der Waals surface area contributed by atoms with Crippen LogP contribution >= 0.6 is 23.1 Å². The largest absolute Gasteiger partial charge is 0.478 e. The number of aromatic carboxylic acids is 1. The van der Waals surface area contributed by atoms with Crippen molar-refractivity contribution < 1.29 is 14.3 Å². The van der Waals surface area contributed by atoms with Crippen LogP contribution in [-0.4, -0.2) is 21.3 Å². The molecule has 17 heavy (non-hydrogen) atoms. The first kappa shape index (κ1) is 12.0. The molecule has 88 valence electrons. The van der Waals surface area contributed by atoms with Crippen molar-refractivity contribution in [3.63, 3.8) is 0 Å².